The van der Waals surface area contributed by atoms with Crippen LogP contribution in [0.2, 0.25) is 0 Å². The van der Waals surface area contributed by atoms with Gasteiger partial charge in [-0.1, -0.05) is 18.2 Å². The number of amides is 1. The van der Waals surface area contributed by atoms with Crippen molar-refractivity contribution in [2.75, 3.05) is 39.4 Å². The fourth-order valence-electron chi connectivity index (χ4n) is 3.36. The molecule has 1 aromatic heterocycles. The highest BCUT2D eigenvalue weighted by Crippen LogP contribution is 2.45. The van der Waals surface area contributed by atoms with Crippen molar-refractivity contribution < 1.29 is 9.53 Å². The van der Waals surface area contributed by atoms with Crippen molar-refractivity contribution in [3.8, 4) is 0 Å². The van der Waals surface area contributed by atoms with E-state index in [4.69, 9.17) is 4.74 Å². The smallest absolute Gasteiger partial charge is 0.267 e. The number of benzene rings is 1. The molecule has 4 rings (SSSR count). The fraction of sp³-hybridized carbons (Fsp3) is 0.500. The number of fused-ring (bicyclic) bond motifs is 1. The maximum Gasteiger partial charge on any atom is 0.267 e. The molecule has 122 valence electrons. The molecule has 1 aliphatic heterocycles. The van der Waals surface area contributed by atoms with Crippen LogP contribution in [-0.2, 0) is 4.74 Å². The zero-order valence-corrected chi connectivity index (χ0v) is 13.3. The molecule has 0 spiro atoms. The molecule has 0 bridgehead atoms. The summed E-state index contributed by atoms with van der Waals surface area (Å²) in [5.74, 6) is -0.00514. The van der Waals surface area contributed by atoms with Gasteiger partial charge in [-0.15, -0.1) is 0 Å². The topological polar surface area (TPSA) is 57.4 Å². The number of morpholine rings is 1. The lowest BCUT2D eigenvalue weighted by molar-refractivity contribution is 0.0283. The Morgan fingerprint density at radius 1 is 1.26 bits per heavy atom. The zero-order chi connectivity index (χ0) is 15.7. The Hall–Kier alpha value is -1.85. The molecule has 2 N–H and O–H groups in total. The molecule has 1 aliphatic carbocycles. The monoisotopic (exact) mass is 313 g/mol. The van der Waals surface area contributed by atoms with Gasteiger partial charge in [0.05, 0.1) is 13.2 Å². The lowest BCUT2D eigenvalue weighted by Gasteiger charge is -2.30. The Morgan fingerprint density at radius 3 is 2.78 bits per heavy atom. The number of rotatable bonds is 5. The summed E-state index contributed by atoms with van der Waals surface area (Å²) in [6.45, 7) is 5.52. The molecule has 2 heterocycles. The number of aromatic amines is 1. The average Bonchev–Trinajstić information content (AvgIpc) is 3.20. The van der Waals surface area contributed by atoms with E-state index in [0.29, 0.717) is 5.69 Å². The lowest BCUT2D eigenvalue weighted by atomic mass is 10.1. The molecule has 0 unspecified atom stereocenters. The molecule has 1 saturated heterocycles. The second kappa shape index (κ2) is 5.98. The normalized spacial score (nSPS) is 20.5. The first-order valence-electron chi connectivity index (χ1n) is 8.40. The van der Waals surface area contributed by atoms with Crippen LogP contribution in [0.15, 0.2) is 30.3 Å². The number of hydrogen-bond acceptors (Lipinski definition) is 3. The van der Waals surface area contributed by atoms with Crippen molar-refractivity contribution in [1.29, 1.82) is 0 Å². The van der Waals surface area contributed by atoms with Gasteiger partial charge in [-0.25, -0.2) is 0 Å². The van der Waals surface area contributed by atoms with Crippen molar-refractivity contribution in [3.05, 3.63) is 36.0 Å². The molecule has 1 amide bonds. The summed E-state index contributed by atoms with van der Waals surface area (Å²) in [7, 11) is 0. The van der Waals surface area contributed by atoms with E-state index in [1.165, 1.54) is 12.8 Å². The fourth-order valence-corrected chi connectivity index (χ4v) is 3.36. The van der Waals surface area contributed by atoms with Gasteiger partial charge in [0.2, 0.25) is 0 Å². The predicted octanol–water partition coefficient (Wildman–Crippen LogP) is 2.01. The summed E-state index contributed by atoms with van der Waals surface area (Å²) in [6, 6.07) is 9.89. The predicted molar refractivity (Wildman–Crippen MR) is 89.6 cm³/mol. The minimum atomic E-state index is -0.00514. The van der Waals surface area contributed by atoms with Crippen LogP contribution in [0.1, 0.15) is 23.3 Å². The van der Waals surface area contributed by atoms with Crippen LogP contribution in [0, 0.1) is 5.41 Å². The highest BCUT2D eigenvalue weighted by molar-refractivity contribution is 5.98. The van der Waals surface area contributed by atoms with E-state index in [0.717, 1.165) is 50.3 Å². The molecule has 1 aromatic carbocycles. The minimum absolute atomic E-state index is 0.00514. The van der Waals surface area contributed by atoms with E-state index >= 15 is 0 Å². The molecule has 5 heteroatoms. The third kappa shape index (κ3) is 3.26. The van der Waals surface area contributed by atoms with Crippen molar-refractivity contribution in [3.63, 3.8) is 0 Å². The lowest BCUT2D eigenvalue weighted by Crippen LogP contribution is -2.43. The average molecular weight is 313 g/mol. The van der Waals surface area contributed by atoms with Crippen molar-refractivity contribution in [2.24, 2.45) is 5.41 Å². The van der Waals surface area contributed by atoms with Crippen LogP contribution in [0.4, 0.5) is 0 Å². The van der Waals surface area contributed by atoms with Gasteiger partial charge in [0.1, 0.15) is 5.69 Å². The Morgan fingerprint density at radius 2 is 2.04 bits per heavy atom. The maximum absolute atomic E-state index is 12.4. The number of para-hydroxylation sites is 1. The summed E-state index contributed by atoms with van der Waals surface area (Å²) in [6.07, 6.45) is 2.41. The van der Waals surface area contributed by atoms with Crippen LogP contribution in [0.3, 0.4) is 0 Å². The second-order valence-electron chi connectivity index (χ2n) is 6.84. The van der Waals surface area contributed by atoms with Crippen molar-refractivity contribution in [2.45, 2.75) is 12.8 Å². The molecule has 1 saturated carbocycles. The molecular weight excluding hydrogens is 290 g/mol. The second-order valence-corrected chi connectivity index (χ2v) is 6.84. The van der Waals surface area contributed by atoms with Gasteiger partial charge < -0.3 is 15.0 Å². The number of nitrogens with one attached hydrogen (secondary N) is 2. The first-order valence-corrected chi connectivity index (χ1v) is 8.40. The van der Waals surface area contributed by atoms with Crippen LogP contribution in [-0.4, -0.2) is 55.2 Å². The van der Waals surface area contributed by atoms with E-state index in [-0.39, 0.29) is 11.3 Å². The van der Waals surface area contributed by atoms with Crippen LogP contribution >= 0.6 is 0 Å². The number of hydrogen-bond donors (Lipinski definition) is 2. The molecular formula is C18H23N3O2. The van der Waals surface area contributed by atoms with Crippen LogP contribution in [0.5, 0.6) is 0 Å². The highest BCUT2D eigenvalue weighted by atomic mass is 16.5. The quantitative estimate of drug-likeness (QED) is 0.888. The Bertz CT molecular complexity index is 666. The summed E-state index contributed by atoms with van der Waals surface area (Å²) < 4.78 is 5.40. The zero-order valence-electron chi connectivity index (χ0n) is 13.3. The maximum atomic E-state index is 12.4. The van der Waals surface area contributed by atoms with Gasteiger partial charge in [-0.3, -0.25) is 9.69 Å². The van der Waals surface area contributed by atoms with Crippen LogP contribution in [0.25, 0.3) is 10.9 Å². The molecule has 2 aromatic rings. The molecule has 23 heavy (non-hydrogen) atoms. The molecule has 2 fully saturated rings. The number of ether oxygens (including phenoxy) is 1. The number of carbonyl (C=O) groups excluding carboxylic acids is 1. The van der Waals surface area contributed by atoms with Gasteiger partial charge in [0.25, 0.3) is 5.91 Å². The van der Waals surface area contributed by atoms with E-state index in [1.807, 2.05) is 30.3 Å². The Labute approximate surface area is 136 Å². The summed E-state index contributed by atoms with van der Waals surface area (Å²) >= 11 is 0. The summed E-state index contributed by atoms with van der Waals surface area (Å²) in [4.78, 5) is 18.1. The Balaban J connectivity index is 1.35. The third-order valence-corrected chi connectivity index (χ3v) is 5.02. The van der Waals surface area contributed by atoms with Gasteiger partial charge >= 0.3 is 0 Å². The number of nitrogens with zero attached hydrogens (tertiary/aromatic N) is 1. The highest BCUT2D eigenvalue weighted by Gasteiger charge is 2.44. The number of H-pyrrole nitrogens is 1. The first-order chi connectivity index (χ1) is 11.2. The number of aromatic nitrogens is 1. The van der Waals surface area contributed by atoms with Gasteiger partial charge in [-0.05, 0) is 25.0 Å². The van der Waals surface area contributed by atoms with Gasteiger partial charge in [0, 0.05) is 42.5 Å². The van der Waals surface area contributed by atoms with Crippen molar-refractivity contribution in [1.82, 2.24) is 15.2 Å². The molecule has 0 atom stereocenters. The minimum Gasteiger partial charge on any atom is -0.379 e. The summed E-state index contributed by atoms with van der Waals surface area (Å²) in [5.41, 5.74) is 1.93. The van der Waals surface area contributed by atoms with E-state index in [2.05, 4.69) is 15.2 Å². The largest absolute Gasteiger partial charge is 0.379 e. The standard InChI is InChI=1S/C18H23N3O2/c22-17(16-11-14-3-1-2-4-15(14)20-16)19-12-18(5-6-18)13-21-7-9-23-10-8-21/h1-4,11,20H,5-10,12-13H2,(H,19,22). The van der Waals surface area contributed by atoms with Gasteiger partial charge in [0.15, 0.2) is 0 Å². The third-order valence-electron chi connectivity index (χ3n) is 5.02. The molecule has 5 nitrogen and oxygen atoms in total. The molecule has 0 radical (unpaired) electrons. The first kappa shape index (κ1) is 14.7. The Kier molecular flexibility index (Phi) is 3.83. The van der Waals surface area contributed by atoms with E-state index in [1.54, 1.807) is 0 Å². The van der Waals surface area contributed by atoms with E-state index < -0.39 is 0 Å². The van der Waals surface area contributed by atoms with E-state index in [9.17, 15) is 4.79 Å². The molecule has 2 aliphatic rings. The van der Waals surface area contributed by atoms with Crippen LogP contribution < -0.4 is 5.32 Å². The SMILES string of the molecule is O=C(NCC1(CN2CCOCC2)CC1)c1cc2ccccc2[nH]1. The summed E-state index contributed by atoms with van der Waals surface area (Å²) in [5, 5.41) is 4.20. The van der Waals surface area contributed by atoms with Crippen molar-refractivity contribution >= 4 is 16.8 Å². The number of carbonyl (C=O) groups is 1. The van der Waals surface area contributed by atoms with Gasteiger partial charge in [-0.2, -0.15) is 0 Å².